The molecule has 0 radical (unpaired) electrons. The Kier molecular flexibility index (Phi) is 2.25. The van der Waals surface area contributed by atoms with E-state index in [2.05, 4.69) is 26.2 Å². The Balaban J connectivity index is 2.15. The zero-order valence-electron chi connectivity index (χ0n) is 6.01. The average Bonchev–Trinajstić information content (AvgIpc) is 2.55. The van der Waals surface area contributed by atoms with Gasteiger partial charge in [0.05, 0.1) is 15.0 Å². The zero-order valence-corrected chi connectivity index (χ0v) is 8.41. The molecule has 1 aromatic rings. The molecule has 1 saturated heterocycles. The predicted octanol–water partition coefficient (Wildman–Crippen LogP) is 1.98. The molecule has 1 aromatic heterocycles. The topological polar surface area (TPSA) is 24.9 Å². The van der Waals surface area contributed by atoms with Crippen molar-refractivity contribution in [1.82, 2.24) is 10.3 Å². The third kappa shape index (κ3) is 1.63. The lowest BCUT2D eigenvalue weighted by molar-refractivity contribution is 0.755. The molecule has 0 aliphatic carbocycles. The van der Waals surface area contributed by atoms with Crippen molar-refractivity contribution in [2.45, 2.75) is 12.3 Å². The molecule has 1 aliphatic heterocycles. The summed E-state index contributed by atoms with van der Waals surface area (Å²) in [6.07, 6.45) is 3.12. The van der Waals surface area contributed by atoms with Crippen molar-refractivity contribution < 1.29 is 0 Å². The smallest absolute Gasteiger partial charge is 0.0980 e. The fourth-order valence-corrected chi connectivity index (χ4v) is 2.70. The second kappa shape index (κ2) is 3.21. The molecular weight excluding hydrogens is 224 g/mol. The van der Waals surface area contributed by atoms with Gasteiger partial charge in [0.1, 0.15) is 0 Å². The minimum Gasteiger partial charge on any atom is -0.316 e. The van der Waals surface area contributed by atoms with Gasteiger partial charge in [-0.2, -0.15) is 0 Å². The SMILES string of the molecule is Brc1cnc(C2CCNC2)s1. The third-order valence-corrected chi connectivity index (χ3v) is 3.54. The predicted molar refractivity (Wildman–Crippen MR) is 50.0 cm³/mol. The van der Waals surface area contributed by atoms with E-state index in [0.717, 1.165) is 16.9 Å². The monoisotopic (exact) mass is 232 g/mol. The first-order valence-corrected chi connectivity index (χ1v) is 5.29. The maximum absolute atomic E-state index is 4.33. The van der Waals surface area contributed by atoms with Crippen LogP contribution in [0, 0.1) is 0 Å². The van der Waals surface area contributed by atoms with Crippen LogP contribution in [0.5, 0.6) is 0 Å². The summed E-state index contributed by atoms with van der Waals surface area (Å²) < 4.78 is 1.14. The highest BCUT2D eigenvalue weighted by atomic mass is 79.9. The molecule has 0 bridgehead atoms. The molecule has 1 atom stereocenters. The molecule has 2 nitrogen and oxygen atoms in total. The van der Waals surface area contributed by atoms with Gasteiger partial charge in [-0.25, -0.2) is 4.98 Å². The van der Waals surface area contributed by atoms with Gasteiger partial charge in [0, 0.05) is 12.5 Å². The van der Waals surface area contributed by atoms with Crippen LogP contribution in [-0.4, -0.2) is 18.1 Å². The lowest BCUT2D eigenvalue weighted by Gasteiger charge is -2.00. The fraction of sp³-hybridized carbons (Fsp3) is 0.571. The lowest BCUT2D eigenvalue weighted by atomic mass is 10.1. The molecule has 1 fully saturated rings. The van der Waals surface area contributed by atoms with Crippen LogP contribution in [0.4, 0.5) is 0 Å². The minimum absolute atomic E-state index is 0.659. The number of hydrogen-bond acceptors (Lipinski definition) is 3. The molecular formula is C7H9BrN2S. The Morgan fingerprint density at radius 3 is 3.18 bits per heavy atom. The van der Waals surface area contributed by atoms with Crippen molar-refractivity contribution in [1.29, 1.82) is 0 Å². The zero-order chi connectivity index (χ0) is 7.68. The van der Waals surface area contributed by atoms with Crippen molar-refractivity contribution >= 4 is 27.3 Å². The van der Waals surface area contributed by atoms with Crippen molar-refractivity contribution in [2.75, 3.05) is 13.1 Å². The van der Waals surface area contributed by atoms with Crippen LogP contribution in [0.15, 0.2) is 9.98 Å². The number of hydrogen-bond donors (Lipinski definition) is 1. The summed E-state index contributed by atoms with van der Waals surface area (Å²) in [5.74, 6) is 0.659. The van der Waals surface area contributed by atoms with Crippen molar-refractivity contribution in [3.8, 4) is 0 Å². The molecule has 11 heavy (non-hydrogen) atoms. The third-order valence-electron chi connectivity index (χ3n) is 1.90. The molecule has 60 valence electrons. The number of rotatable bonds is 1. The van der Waals surface area contributed by atoms with Crippen molar-refractivity contribution in [3.05, 3.63) is 15.0 Å². The van der Waals surface area contributed by atoms with Gasteiger partial charge in [-0.15, -0.1) is 11.3 Å². The average molecular weight is 233 g/mol. The molecule has 4 heteroatoms. The van der Waals surface area contributed by atoms with E-state index in [9.17, 15) is 0 Å². The standard InChI is InChI=1S/C7H9BrN2S/c8-6-4-10-7(11-6)5-1-2-9-3-5/h4-5,9H,1-3H2. The van der Waals surface area contributed by atoms with E-state index in [1.54, 1.807) is 11.3 Å². The van der Waals surface area contributed by atoms with Crippen LogP contribution in [0.1, 0.15) is 17.3 Å². The normalized spacial score (nSPS) is 24.3. The van der Waals surface area contributed by atoms with Crippen LogP contribution >= 0.6 is 27.3 Å². The molecule has 0 aromatic carbocycles. The second-order valence-corrected chi connectivity index (χ2v) is 5.13. The van der Waals surface area contributed by atoms with Gasteiger partial charge in [-0.1, -0.05) is 0 Å². The summed E-state index contributed by atoms with van der Waals surface area (Å²) in [4.78, 5) is 4.33. The first-order valence-electron chi connectivity index (χ1n) is 3.68. The molecule has 1 aliphatic rings. The minimum atomic E-state index is 0.659. The van der Waals surface area contributed by atoms with Gasteiger partial charge < -0.3 is 5.32 Å². The Hall–Kier alpha value is 0.0700. The van der Waals surface area contributed by atoms with Crippen molar-refractivity contribution in [2.24, 2.45) is 0 Å². The summed E-state index contributed by atoms with van der Waals surface area (Å²) in [7, 11) is 0. The van der Waals surface area contributed by atoms with Crippen LogP contribution in [-0.2, 0) is 0 Å². The Labute approximate surface area is 78.2 Å². The maximum atomic E-state index is 4.33. The number of aromatic nitrogens is 1. The Morgan fingerprint density at radius 2 is 2.64 bits per heavy atom. The van der Waals surface area contributed by atoms with Gasteiger partial charge in [0.2, 0.25) is 0 Å². The number of thiazole rings is 1. The Morgan fingerprint density at radius 1 is 1.73 bits per heavy atom. The van der Waals surface area contributed by atoms with E-state index in [0.29, 0.717) is 5.92 Å². The largest absolute Gasteiger partial charge is 0.316 e. The van der Waals surface area contributed by atoms with Gasteiger partial charge in [0.15, 0.2) is 0 Å². The number of nitrogens with zero attached hydrogens (tertiary/aromatic N) is 1. The van der Waals surface area contributed by atoms with Gasteiger partial charge in [-0.05, 0) is 28.9 Å². The molecule has 0 spiro atoms. The van der Waals surface area contributed by atoms with Crippen LogP contribution in [0.25, 0.3) is 0 Å². The number of nitrogens with one attached hydrogen (secondary N) is 1. The van der Waals surface area contributed by atoms with E-state index < -0.39 is 0 Å². The first-order chi connectivity index (χ1) is 5.36. The molecule has 0 saturated carbocycles. The number of halogens is 1. The van der Waals surface area contributed by atoms with E-state index >= 15 is 0 Å². The van der Waals surface area contributed by atoms with E-state index in [1.807, 2.05) is 6.20 Å². The summed E-state index contributed by atoms with van der Waals surface area (Å²) in [5.41, 5.74) is 0. The van der Waals surface area contributed by atoms with E-state index in [4.69, 9.17) is 0 Å². The van der Waals surface area contributed by atoms with Gasteiger partial charge in [-0.3, -0.25) is 0 Å². The van der Waals surface area contributed by atoms with Gasteiger partial charge in [0.25, 0.3) is 0 Å². The summed E-state index contributed by atoms with van der Waals surface area (Å²) in [5, 5.41) is 4.60. The summed E-state index contributed by atoms with van der Waals surface area (Å²) >= 11 is 5.17. The van der Waals surface area contributed by atoms with Crippen LogP contribution in [0.2, 0.25) is 0 Å². The van der Waals surface area contributed by atoms with Crippen molar-refractivity contribution in [3.63, 3.8) is 0 Å². The molecule has 1 unspecified atom stereocenters. The lowest BCUT2D eigenvalue weighted by Crippen LogP contribution is -2.07. The highest BCUT2D eigenvalue weighted by Gasteiger charge is 2.19. The molecule has 2 heterocycles. The highest BCUT2D eigenvalue weighted by Crippen LogP contribution is 2.28. The van der Waals surface area contributed by atoms with E-state index in [1.165, 1.54) is 11.4 Å². The summed E-state index contributed by atoms with van der Waals surface area (Å²) in [6, 6.07) is 0. The summed E-state index contributed by atoms with van der Waals surface area (Å²) in [6.45, 7) is 2.24. The molecule has 0 amide bonds. The fourth-order valence-electron chi connectivity index (χ4n) is 1.32. The van der Waals surface area contributed by atoms with Gasteiger partial charge >= 0.3 is 0 Å². The second-order valence-electron chi connectivity index (χ2n) is 2.69. The quantitative estimate of drug-likeness (QED) is 0.802. The first kappa shape index (κ1) is 7.71. The maximum Gasteiger partial charge on any atom is 0.0980 e. The van der Waals surface area contributed by atoms with Crippen LogP contribution in [0.3, 0.4) is 0 Å². The molecule has 1 N–H and O–H groups in total. The Bertz CT molecular complexity index is 242. The molecule has 2 rings (SSSR count). The van der Waals surface area contributed by atoms with E-state index in [-0.39, 0.29) is 0 Å². The van der Waals surface area contributed by atoms with Crippen LogP contribution < -0.4 is 5.32 Å². The highest BCUT2D eigenvalue weighted by molar-refractivity contribution is 9.11.